The van der Waals surface area contributed by atoms with Crippen molar-refractivity contribution in [2.75, 3.05) is 11.4 Å². The second-order valence-electron chi connectivity index (χ2n) is 4.72. The molecule has 0 unspecified atom stereocenters. The summed E-state index contributed by atoms with van der Waals surface area (Å²) in [5.74, 6) is -0.462. The Kier molecular flexibility index (Phi) is 4.29. The third kappa shape index (κ3) is 2.91. The van der Waals surface area contributed by atoms with E-state index >= 15 is 0 Å². The van der Waals surface area contributed by atoms with Crippen LogP contribution in [0.3, 0.4) is 0 Å². The molecule has 0 saturated carbocycles. The molecule has 0 aliphatic carbocycles. The smallest absolute Gasteiger partial charge is 0.264 e. The van der Waals surface area contributed by atoms with Crippen molar-refractivity contribution in [2.24, 2.45) is 5.73 Å². The van der Waals surface area contributed by atoms with E-state index in [1.165, 1.54) is 23.5 Å². The number of hydrogen-bond donors (Lipinski definition) is 1. The lowest BCUT2D eigenvalue weighted by atomic mass is 10.2. The topological polar surface area (TPSA) is 63.4 Å². The molecule has 0 aliphatic heterocycles. The Labute approximate surface area is 124 Å². The Hall–Kier alpha value is -1.92. The molecular formula is C15H17FN2O2S. The minimum absolute atomic E-state index is 0.0817. The monoisotopic (exact) mass is 308 g/mol. The van der Waals surface area contributed by atoms with Crippen LogP contribution in [0.15, 0.2) is 47.4 Å². The normalized spacial score (nSPS) is 11.4. The third-order valence-corrected chi connectivity index (χ3v) is 5.26. The van der Waals surface area contributed by atoms with Crippen LogP contribution in [0.25, 0.3) is 0 Å². The molecule has 0 aliphatic rings. The summed E-state index contributed by atoms with van der Waals surface area (Å²) in [4.78, 5) is 0.0817. The van der Waals surface area contributed by atoms with Crippen LogP contribution in [0.5, 0.6) is 0 Å². The highest BCUT2D eigenvalue weighted by Gasteiger charge is 2.24. The highest BCUT2D eigenvalue weighted by molar-refractivity contribution is 7.92. The molecule has 0 heterocycles. The number of halogens is 1. The summed E-state index contributed by atoms with van der Waals surface area (Å²) < 4.78 is 39.7. The number of anilines is 1. The fourth-order valence-corrected chi connectivity index (χ4v) is 3.61. The predicted molar refractivity (Wildman–Crippen MR) is 81.1 cm³/mol. The fourth-order valence-electron chi connectivity index (χ4n) is 2.17. The maximum Gasteiger partial charge on any atom is 0.264 e. The number of para-hydroxylation sites is 1. The molecule has 0 bridgehead atoms. The van der Waals surface area contributed by atoms with Crippen molar-refractivity contribution in [2.45, 2.75) is 18.4 Å². The number of sulfonamides is 1. The lowest BCUT2D eigenvalue weighted by molar-refractivity contribution is 0.592. The molecule has 2 rings (SSSR count). The third-order valence-electron chi connectivity index (χ3n) is 3.33. The van der Waals surface area contributed by atoms with Crippen molar-refractivity contribution in [1.82, 2.24) is 0 Å². The number of rotatable bonds is 4. The van der Waals surface area contributed by atoms with E-state index in [9.17, 15) is 12.8 Å². The average molecular weight is 308 g/mol. The van der Waals surface area contributed by atoms with Gasteiger partial charge in [-0.05, 0) is 42.3 Å². The largest absolute Gasteiger partial charge is 0.326 e. The van der Waals surface area contributed by atoms with E-state index in [1.54, 1.807) is 31.2 Å². The Morgan fingerprint density at radius 3 is 2.48 bits per heavy atom. The van der Waals surface area contributed by atoms with E-state index in [-0.39, 0.29) is 11.4 Å². The van der Waals surface area contributed by atoms with E-state index < -0.39 is 15.8 Å². The maximum atomic E-state index is 13.2. The second kappa shape index (κ2) is 5.83. The standard InChI is InChI=1S/C15H17FN2O2S/c1-11-9-13(16)7-8-15(11)21(19,20)18(2)14-6-4-3-5-12(14)10-17/h3-9H,10,17H2,1-2H3. The molecule has 0 saturated heterocycles. The molecule has 0 spiro atoms. The number of hydrogen-bond acceptors (Lipinski definition) is 3. The minimum Gasteiger partial charge on any atom is -0.326 e. The Morgan fingerprint density at radius 1 is 1.19 bits per heavy atom. The number of nitrogens with two attached hydrogens (primary N) is 1. The van der Waals surface area contributed by atoms with Gasteiger partial charge in [-0.3, -0.25) is 4.31 Å². The van der Waals surface area contributed by atoms with Crippen molar-refractivity contribution >= 4 is 15.7 Å². The van der Waals surface area contributed by atoms with E-state index in [1.807, 2.05) is 0 Å². The summed E-state index contributed by atoms with van der Waals surface area (Å²) in [6, 6.07) is 10.6. The molecule has 0 aromatic heterocycles. The van der Waals surface area contributed by atoms with Gasteiger partial charge >= 0.3 is 0 Å². The van der Waals surface area contributed by atoms with Crippen molar-refractivity contribution in [3.63, 3.8) is 0 Å². The van der Waals surface area contributed by atoms with Crippen molar-refractivity contribution in [1.29, 1.82) is 0 Å². The van der Waals surface area contributed by atoms with Crippen LogP contribution in [0.2, 0.25) is 0 Å². The van der Waals surface area contributed by atoms with Gasteiger partial charge in [0.2, 0.25) is 0 Å². The van der Waals surface area contributed by atoms with Gasteiger partial charge in [0.25, 0.3) is 10.0 Å². The van der Waals surface area contributed by atoms with Gasteiger partial charge in [0.15, 0.2) is 0 Å². The first-order valence-electron chi connectivity index (χ1n) is 6.41. The maximum absolute atomic E-state index is 13.2. The predicted octanol–water partition coefficient (Wildman–Crippen LogP) is 2.42. The van der Waals surface area contributed by atoms with Gasteiger partial charge in [-0.2, -0.15) is 0 Å². The first-order chi connectivity index (χ1) is 9.87. The van der Waals surface area contributed by atoms with Crippen molar-refractivity contribution in [3.05, 3.63) is 59.4 Å². The lowest BCUT2D eigenvalue weighted by Crippen LogP contribution is -2.28. The first-order valence-corrected chi connectivity index (χ1v) is 7.85. The van der Waals surface area contributed by atoms with Crippen LogP contribution >= 0.6 is 0 Å². The molecule has 4 nitrogen and oxygen atoms in total. The molecule has 0 radical (unpaired) electrons. The van der Waals surface area contributed by atoms with E-state index in [0.717, 1.165) is 11.6 Å². The molecule has 21 heavy (non-hydrogen) atoms. The molecule has 0 amide bonds. The van der Waals surface area contributed by atoms with Gasteiger partial charge in [-0.1, -0.05) is 18.2 Å². The van der Waals surface area contributed by atoms with Crippen LogP contribution in [-0.2, 0) is 16.6 Å². The lowest BCUT2D eigenvalue weighted by Gasteiger charge is -2.23. The number of nitrogens with zero attached hydrogens (tertiary/aromatic N) is 1. The minimum atomic E-state index is -3.76. The molecule has 2 N–H and O–H groups in total. The average Bonchev–Trinajstić information content (AvgIpc) is 2.46. The van der Waals surface area contributed by atoms with Gasteiger partial charge in [0.05, 0.1) is 10.6 Å². The van der Waals surface area contributed by atoms with Crippen molar-refractivity contribution in [3.8, 4) is 0 Å². The molecule has 6 heteroatoms. The second-order valence-corrected chi connectivity index (χ2v) is 6.65. The molecule has 0 fully saturated rings. The summed E-state index contributed by atoms with van der Waals surface area (Å²) in [6.45, 7) is 1.80. The number of benzene rings is 2. The van der Waals surface area contributed by atoms with Gasteiger partial charge in [0.1, 0.15) is 5.82 Å². The van der Waals surface area contributed by atoms with Gasteiger partial charge in [0, 0.05) is 13.6 Å². The zero-order valence-electron chi connectivity index (χ0n) is 11.9. The van der Waals surface area contributed by atoms with Crippen LogP contribution in [0, 0.1) is 12.7 Å². The van der Waals surface area contributed by atoms with Gasteiger partial charge in [-0.25, -0.2) is 12.8 Å². The summed E-state index contributed by atoms with van der Waals surface area (Å²) in [5.41, 5.74) is 7.26. The van der Waals surface area contributed by atoms with Crippen molar-refractivity contribution < 1.29 is 12.8 Å². The summed E-state index contributed by atoms with van der Waals surface area (Å²) in [7, 11) is -2.30. The summed E-state index contributed by atoms with van der Waals surface area (Å²) in [6.07, 6.45) is 0. The Bertz CT molecular complexity index is 760. The Balaban J connectivity index is 2.53. The first kappa shape index (κ1) is 15.5. The zero-order chi connectivity index (χ0) is 15.6. The number of aryl methyl sites for hydroxylation is 1. The van der Waals surface area contributed by atoms with Crippen LogP contribution < -0.4 is 10.0 Å². The van der Waals surface area contributed by atoms with Crippen LogP contribution in [0.1, 0.15) is 11.1 Å². The molecule has 0 atom stereocenters. The van der Waals surface area contributed by atoms with E-state index in [0.29, 0.717) is 11.3 Å². The van der Waals surface area contributed by atoms with Gasteiger partial charge < -0.3 is 5.73 Å². The van der Waals surface area contributed by atoms with Gasteiger partial charge in [-0.15, -0.1) is 0 Å². The SMILES string of the molecule is Cc1cc(F)ccc1S(=O)(=O)N(C)c1ccccc1CN. The molecular weight excluding hydrogens is 291 g/mol. The Morgan fingerprint density at radius 2 is 1.86 bits per heavy atom. The molecule has 2 aromatic carbocycles. The summed E-state index contributed by atoms with van der Waals surface area (Å²) >= 11 is 0. The quantitative estimate of drug-likeness (QED) is 0.943. The van der Waals surface area contributed by atoms with E-state index in [2.05, 4.69) is 0 Å². The van der Waals surface area contributed by atoms with Crippen LogP contribution in [0.4, 0.5) is 10.1 Å². The van der Waals surface area contributed by atoms with Crippen LogP contribution in [-0.4, -0.2) is 15.5 Å². The van der Waals surface area contributed by atoms with E-state index in [4.69, 9.17) is 5.73 Å². The molecule has 2 aromatic rings. The summed E-state index contributed by atoms with van der Waals surface area (Å²) in [5, 5.41) is 0. The highest BCUT2D eigenvalue weighted by Crippen LogP contribution is 2.27. The zero-order valence-corrected chi connectivity index (χ0v) is 12.7. The molecule has 112 valence electrons. The highest BCUT2D eigenvalue weighted by atomic mass is 32.2. The fraction of sp³-hybridized carbons (Fsp3) is 0.200.